The van der Waals surface area contributed by atoms with Crippen molar-refractivity contribution in [3.05, 3.63) is 65.2 Å². The van der Waals surface area contributed by atoms with E-state index >= 15 is 0 Å². The van der Waals surface area contributed by atoms with Crippen LogP contribution in [0.5, 0.6) is 5.88 Å². The first-order chi connectivity index (χ1) is 22.3. The van der Waals surface area contributed by atoms with Crippen LogP contribution in [0, 0.1) is 31.1 Å². The average molecular weight is 660 g/mol. The Morgan fingerprint density at radius 3 is 2.32 bits per heavy atom. The van der Waals surface area contributed by atoms with Crippen LogP contribution < -0.4 is 9.46 Å². The summed E-state index contributed by atoms with van der Waals surface area (Å²) in [5, 5.41) is 0. The molecule has 2 fully saturated rings. The second-order valence-corrected chi connectivity index (χ2v) is 16.5. The Morgan fingerprint density at radius 1 is 0.979 bits per heavy atom. The van der Waals surface area contributed by atoms with Gasteiger partial charge in [0.15, 0.2) is 0 Å². The molecule has 0 unspecified atom stereocenters. The van der Waals surface area contributed by atoms with Crippen molar-refractivity contribution in [2.75, 3.05) is 31.0 Å². The summed E-state index contributed by atoms with van der Waals surface area (Å²) in [5.74, 6) is 0.728. The van der Waals surface area contributed by atoms with Crippen LogP contribution >= 0.6 is 0 Å². The van der Waals surface area contributed by atoms with Crippen LogP contribution in [0.2, 0.25) is 0 Å². The van der Waals surface area contributed by atoms with Crippen molar-refractivity contribution < 1.29 is 17.9 Å². The average Bonchev–Trinajstić information content (AvgIpc) is 3.00. The first-order valence-electron chi connectivity index (χ1n) is 17.1. The lowest BCUT2D eigenvalue weighted by molar-refractivity contribution is -0.0360. The zero-order valence-electron chi connectivity index (χ0n) is 28.6. The van der Waals surface area contributed by atoms with Crippen LogP contribution in [0.15, 0.2) is 53.4 Å². The molecule has 0 radical (unpaired) electrons. The number of aryl methyl sites for hydroxylation is 2. The number of hydrogen-bond acceptors (Lipinski definition) is 7. The first kappa shape index (κ1) is 33.4. The van der Waals surface area contributed by atoms with Crippen LogP contribution in [-0.2, 0) is 10.0 Å². The summed E-state index contributed by atoms with van der Waals surface area (Å²) in [7, 11) is -4.10. The highest BCUT2D eigenvalue weighted by molar-refractivity contribution is 7.92. The van der Waals surface area contributed by atoms with Gasteiger partial charge in [0.1, 0.15) is 6.61 Å². The van der Waals surface area contributed by atoms with Crippen molar-refractivity contribution in [1.29, 1.82) is 0 Å². The van der Waals surface area contributed by atoms with Gasteiger partial charge in [-0.15, -0.1) is 0 Å². The lowest BCUT2D eigenvalue weighted by Gasteiger charge is -2.54. The highest BCUT2D eigenvalue weighted by Crippen LogP contribution is 2.53. The molecule has 3 heterocycles. The molecule has 1 aliphatic carbocycles. The zero-order chi connectivity index (χ0) is 33.5. The van der Waals surface area contributed by atoms with E-state index in [1.165, 1.54) is 25.0 Å². The number of carbonyl (C=O) groups is 1. The summed E-state index contributed by atoms with van der Waals surface area (Å²) in [6.07, 6.45) is 5.39. The smallest absolute Gasteiger partial charge is 0.264 e. The summed E-state index contributed by atoms with van der Waals surface area (Å²) in [6, 6.07) is 14.4. The number of anilines is 1. The molecule has 252 valence electrons. The van der Waals surface area contributed by atoms with E-state index in [9.17, 15) is 13.2 Å². The van der Waals surface area contributed by atoms with Crippen molar-refractivity contribution in [2.45, 2.75) is 90.6 Å². The Kier molecular flexibility index (Phi) is 9.37. The number of sulfonamides is 1. The molecule has 1 spiro atoms. The van der Waals surface area contributed by atoms with Crippen molar-refractivity contribution in [3.8, 4) is 17.1 Å². The molecular formula is C37H49N5O4S. The van der Waals surface area contributed by atoms with Crippen molar-refractivity contribution in [1.82, 2.24) is 19.8 Å². The van der Waals surface area contributed by atoms with Crippen LogP contribution in [0.25, 0.3) is 11.3 Å². The maximum atomic E-state index is 14.4. The van der Waals surface area contributed by atoms with Gasteiger partial charge in [-0.3, -0.25) is 4.79 Å². The third kappa shape index (κ3) is 7.18. The highest BCUT2D eigenvalue weighted by atomic mass is 32.2. The molecule has 6 rings (SSSR count). The van der Waals surface area contributed by atoms with Gasteiger partial charge in [0, 0.05) is 29.8 Å². The summed E-state index contributed by atoms with van der Waals surface area (Å²) in [6.45, 7) is 16.0. The number of nitrogens with zero attached hydrogens (tertiary/aromatic N) is 4. The van der Waals surface area contributed by atoms with Gasteiger partial charge in [-0.05, 0) is 119 Å². The van der Waals surface area contributed by atoms with Crippen molar-refractivity contribution in [2.24, 2.45) is 17.3 Å². The van der Waals surface area contributed by atoms with Crippen LogP contribution in [-0.4, -0.2) is 72.4 Å². The predicted molar refractivity (Wildman–Crippen MR) is 185 cm³/mol. The van der Waals surface area contributed by atoms with E-state index in [0.717, 1.165) is 49.0 Å². The van der Waals surface area contributed by atoms with E-state index in [-0.39, 0.29) is 35.3 Å². The lowest BCUT2D eigenvalue weighted by atomic mass is 9.57. The van der Waals surface area contributed by atoms with Gasteiger partial charge in [-0.25, -0.2) is 18.1 Å². The van der Waals surface area contributed by atoms with E-state index in [1.54, 1.807) is 18.2 Å². The number of ether oxygens (including phenoxy) is 1. The van der Waals surface area contributed by atoms with Crippen LogP contribution in [0.4, 0.5) is 5.95 Å². The fourth-order valence-corrected chi connectivity index (χ4v) is 8.93. The largest absolute Gasteiger partial charge is 0.475 e. The van der Waals surface area contributed by atoms with E-state index in [0.29, 0.717) is 41.1 Å². The molecule has 3 aliphatic rings. The minimum absolute atomic E-state index is 0.00832. The molecule has 1 aromatic heterocycles. The number of rotatable bonds is 6. The summed E-state index contributed by atoms with van der Waals surface area (Å²) < 4.78 is 36.3. The van der Waals surface area contributed by atoms with E-state index in [2.05, 4.69) is 47.3 Å². The molecule has 10 heteroatoms. The molecule has 1 saturated carbocycles. The minimum atomic E-state index is -4.10. The van der Waals surface area contributed by atoms with Gasteiger partial charge in [0.2, 0.25) is 11.8 Å². The van der Waals surface area contributed by atoms with Gasteiger partial charge in [-0.1, -0.05) is 38.1 Å². The Labute approximate surface area is 280 Å². The Balaban J connectivity index is 1.36. The molecule has 2 aliphatic heterocycles. The second kappa shape index (κ2) is 13.2. The highest BCUT2D eigenvalue weighted by Gasteiger charge is 2.47. The molecule has 2 aromatic carbocycles. The molecule has 1 N–H and O–H groups in total. The maximum Gasteiger partial charge on any atom is 0.264 e. The molecule has 3 aromatic rings. The molecule has 4 bridgehead atoms. The number of likely N-dealkylation sites (tertiary alicyclic amines) is 1. The summed E-state index contributed by atoms with van der Waals surface area (Å²) >= 11 is 0. The summed E-state index contributed by atoms with van der Waals surface area (Å²) in [4.78, 5) is 28.1. The molecule has 1 amide bonds. The minimum Gasteiger partial charge on any atom is -0.475 e. The second-order valence-electron chi connectivity index (χ2n) is 14.8. The third-order valence-corrected chi connectivity index (χ3v) is 11.7. The molecular weight excluding hydrogens is 611 g/mol. The molecule has 1 saturated heterocycles. The number of fused-ring (bicyclic) bond motifs is 4. The Morgan fingerprint density at radius 2 is 1.66 bits per heavy atom. The number of nitrogens with one attached hydrogen (secondary N) is 1. The van der Waals surface area contributed by atoms with Crippen LogP contribution in [0.1, 0.15) is 81.3 Å². The van der Waals surface area contributed by atoms with Crippen molar-refractivity contribution in [3.63, 3.8) is 0 Å². The third-order valence-electron chi connectivity index (χ3n) is 10.4. The topological polar surface area (TPSA) is 105 Å². The fraction of sp³-hybridized carbons (Fsp3) is 0.541. The lowest BCUT2D eigenvalue weighted by Crippen LogP contribution is -2.53. The maximum absolute atomic E-state index is 14.4. The number of carbonyl (C=O) groups excluding carboxylic acids is 1. The van der Waals surface area contributed by atoms with Gasteiger partial charge >= 0.3 is 0 Å². The number of piperidine rings is 1. The van der Waals surface area contributed by atoms with E-state index in [4.69, 9.17) is 4.74 Å². The zero-order valence-corrected chi connectivity index (χ0v) is 29.4. The van der Waals surface area contributed by atoms with E-state index in [1.807, 2.05) is 36.9 Å². The Hall–Kier alpha value is -3.50. The molecule has 9 nitrogen and oxygen atoms in total. The first-order valence-corrected chi connectivity index (χ1v) is 18.6. The van der Waals surface area contributed by atoms with Crippen LogP contribution in [0.3, 0.4) is 0 Å². The normalized spacial score (nSPS) is 21.4. The monoisotopic (exact) mass is 659 g/mol. The number of benzene rings is 2. The van der Waals surface area contributed by atoms with Gasteiger partial charge in [-0.2, -0.15) is 4.98 Å². The van der Waals surface area contributed by atoms with Gasteiger partial charge in [0.05, 0.1) is 16.6 Å². The summed E-state index contributed by atoms with van der Waals surface area (Å²) in [5.41, 5.74) is 4.22. The van der Waals surface area contributed by atoms with Gasteiger partial charge < -0.3 is 14.5 Å². The predicted octanol–water partition coefficient (Wildman–Crippen LogP) is 6.71. The standard InChI is InChI=1S/C37H49N5O4S/c1-24(2)17-30-23-46-33-19-32(34-26(5)9-7-10-27(34)6)38-36(39-33)40-47(44,45)31-12-8-11-29(18-31)35(43)42(30)22-28-20-37(21-28)13-15-41(16-14-37)25(3)4/h7-12,18-19,24-25,28,30H,13-17,20-23H2,1-6H3,(H,38,39,40)/t30-/m1/s1. The molecule has 47 heavy (non-hydrogen) atoms. The number of aromatic nitrogens is 2. The van der Waals surface area contributed by atoms with Crippen molar-refractivity contribution >= 4 is 21.9 Å². The quantitative estimate of drug-likeness (QED) is 0.314. The number of amides is 1. The molecule has 1 atom stereocenters. The van der Waals surface area contributed by atoms with E-state index < -0.39 is 10.0 Å². The SMILES string of the molecule is Cc1cccc(C)c1-c1cc2nc(n1)NS(=O)(=O)c1cccc(c1)C(=O)N(CC1CC3(CCN(C(C)C)CC3)C1)[C@H](CC(C)C)CO2. The Bertz CT molecular complexity index is 1700. The number of hydrogen-bond donors (Lipinski definition) is 1. The fourth-order valence-electron chi connectivity index (χ4n) is 7.94. The van der Waals surface area contributed by atoms with Gasteiger partial charge in [0.25, 0.3) is 15.9 Å².